The summed E-state index contributed by atoms with van der Waals surface area (Å²) in [5, 5.41) is 13.6. The quantitative estimate of drug-likeness (QED) is 0.772. The smallest absolute Gasteiger partial charge is 0.407 e. The van der Waals surface area contributed by atoms with Crippen LogP contribution in [0.5, 0.6) is 0 Å². The SMILES string of the molecule is CCN(C(=O)O)[C@@H]1C[C@H](C)[N+](C)(C(C)=O)c2ccc(-c3noc(CN)n3)cc21. The van der Waals surface area contributed by atoms with Gasteiger partial charge in [-0.3, -0.25) is 0 Å². The normalized spacial score (nSPS) is 23.9. The number of hydrogen-bond donors (Lipinski definition) is 2. The Balaban J connectivity index is 2.20. The van der Waals surface area contributed by atoms with Crippen molar-refractivity contribution < 1.29 is 19.2 Å². The molecule has 0 saturated carbocycles. The molecule has 9 nitrogen and oxygen atoms in total. The third-order valence-corrected chi connectivity index (χ3v) is 5.85. The zero-order valence-electron chi connectivity index (χ0n) is 16.5. The maximum absolute atomic E-state index is 12.6. The number of carbonyl (C=O) groups excluding carboxylic acids is 1. The van der Waals surface area contributed by atoms with Crippen LogP contribution in [0.1, 0.15) is 44.7 Å². The van der Waals surface area contributed by atoms with Gasteiger partial charge in [0.1, 0.15) is 5.69 Å². The first kappa shape index (κ1) is 20.0. The van der Waals surface area contributed by atoms with E-state index >= 15 is 0 Å². The zero-order chi connectivity index (χ0) is 20.6. The van der Waals surface area contributed by atoms with Gasteiger partial charge in [-0.25, -0.2) is 14.1 Å². The van der Waals surface area contributed by atoms with E-state index in [-0.39, 0.29) is 29.0 Å². The van der Waals surface area contributed by atoms with Crippen molar-refractivity contribution in [3.8, 4) is 11.4 Å². The number of rotatable bonds is 4. The fraction of sp³-hybridized carbons (Fsp3) is 0.474. The summed E-state index contributed by atoms with van der Waals surface area (Å²) in [5.74, 6) is 0.710. The largest absolute Gasteiger partial charge is 0.465 e. The van der Waals surface area contributed by atoms with Crippen LogP contribution >= 0.6 is 0 Å². The van der Waals surface area contributed by atoms with Crippen LogP contribution in [-0.2, 0) is 11.3 Å². The minimum atomic E-state index is -0.986. The fourth-order valence-corrected chi connectivity index (χ4v) is 4.00. The molecule has 1 aliphatic rings. The van der Waals surface area contributed by atoms with Gasteiger partial charge in [-0.1, -0.05) is 5.16 Å². The van der Waals surface area contributed by atoms with Crippen molar-refractivity contribution in [1.29, 1.82) is 0 Å². The number of amides is 2. The Hall–Kier alpha value is -2.78. The van der Waals surface area contributed by atoms with Crippen LogP contribution in [0, 0.1) is 0 Å². The van der Waals surface area contributed by atoms with Gasteiger partial charge in [0.2, 0.25) is 11.7 Å². The second-order valence-corrected chi connectivity index (χ2v) is 7.25. The van der Waals surface area contributed by atoms with E-state index in [2.05, 4.69) is 10.1 Å². The van der Waals surface area contributed by atoms with Gasteiger partial charge in [0.15, 0.2) is 0 Å². The lowest BCUT2D eigenvalue weighted by Gasteiger charge is -2.45. The molecule has 0 spiro atoms. The van der Waals surface area contributed by atoms with Crippen LogP contribution in [-0.4, -0.2) is 51.8 Å². The van der Waals surface area contributed by atoms with Crippen LogP contribution in [0.25, 0.3) is 11.4 Å². The summed E-state index contributed by atoms with van der Waals surface area (Å²) in [6.45, 7) is 5.84. The van der Waals surface area contributed by atoms with Crippen LogP contribution in [0.2, 0.25) is 0 Å². The molecule has 28 heavy (non-hydrogen) atoms. The fourth-order valence-electron chi connectivity index (χ4n) is 4.00. The van der Waals surface area contributed by atoms with E-state index in [0.717, 1.165) is 11.3 Å². The molecule has 1 aliphatic heterocycles. The van der Waals surface area contributed by atoms with Crippen molar-refractivity contribution in [3.63, 3.8) is 0 Å². The van der Waals surface area contributed by atoms with E-state index in [4.69, 9.17) is 10.3 Å². The van der Waals surface area contributed by atoms with Gasteiger partial charge in [-0.2, -0.15) is 4.98 Å². The summed E-state index contributed by atoms with van der Waals surface area (Å²) >= 11 is 0. The highest BCUT2D eigenvalue weighted by atomic mass is 16.5. The molecule has 150 valence electrons. The Morgan fingerprint density at radius 2 is 2.14 bits per heavy atom. The van der Waals surface area contributed by atoms with Gasteiger partial charge in [-0.15, -0.1) is 0 Å². The summed E-state index contributed by atoms with van der Waals surface area (Å²) in [7, 11) is 1.87. The van der Waals surface area contributed by atoms with Gasteiger partial charge >= 0.3 is 12.0 Å². The number of aromatic nitrogens is 2. The number of carbonyl (C=O) groups is 2. The summed E-state index contributed by atoms with van der Waals surface area (Å²) in [6, 6.07) is 5.13. The summed E-state index contributed by atoms with van der Waals surface area (Å²) in [4.78, 5) is 30.1. The molecule has 1 aromatic carbocycles. The van der Waals surface area contributed by atoms with E-state index in [1.165, 1.54) is 4.90 Å². The summed E-state index contributed by atoms with van der Waals surface area (Å²) in [5.41, 5.74) is 7.82. The average Bonchev–Trinajstić information content (AvgIpc) is 3.14. The molecule has 2 aromatic rings. The predicted molar refractivity (Wildman–Crippen MR) is 103 cm³/mol. The minimum Gasteiger partial charge on any atom is -0.465 e. The number of quaternary nitrogens is 1. The van der Waals surface area contributed by atoms with Crippen LogP contribution < -0.4 is 10.2 Å². The lowest BCUT2D eigenvalue weighted by molar-refractivity contribution is -0.129. The molecule has 3 atom stereocenters. The Labute approximate surface area is 163 Å². The van der Waals surface area contributed by atoms with Crippen molar-refractivity contribution in [2.75, 3.05) is 13.6 Å². The molecule has 3 N–H and O–H groups in total. The molecule has 1 aromatic heterocycles. The summed E-state index contributed by atoms with van der Waals surface area (Å²) < 4.78 is 5.21. The van der Waals surface area contributed by atoms with E-state index < -0.39 is 6.09 Å². The van der Waals surface area contributed by atoms with E-state index in [0.29, 0.717) is 30.2 Å². The van der Waals surface area contributed by atoms with Crippen LogP contribution in [0.15, 0.2) is 22.7 Å². The molecule has 0 bridgehead atoms. The zero-order valence-corrected chi connectivity index (χ0v) is 16.5. The first-order valence-electron chi connectivity index (χ1n) is 9.28. The molecule has 2 heterocycles. The Kier molecular flexibility index (Phi) is 5.22. The third-order valence-electron chi connectivity index (χ3n) is 5.85. The number of hydrogen-bond acceptors (Lipinski definition) is 6. The average molecular weight is 388 g/mol. The number of carboxylic acid groups (broad SMARTS) is 1. The highest BCUT2D eigenvalue weighted by molar-refractivity contribution is 5.89. The van der Waals surface area contributed by atoms with Crippen molar-refractivity contribution in [2.24, 2.45) is 5.73 Å². The van der Waals surface area contributed by atoms with Crippen LogP contribution in [0.4, 0.5) is 10.5 Å². The first-order valence-corrected chi connectivity index (χ1v) is 9.28. The van der Waals surface area contributed by atoms with Crippen LogP contribution in [0.3, 0.4) is 0 Å². The van der Waals surface area contributed by atoms with Gasteiger partial charge in [-0.05, 0) is 26.0 Å². The maximum Gasteiger partial charge on any atom is 0.407 e. The Bertz CT molecular complexity index is 911. The number of nitrogens with zero attached hydrogens (tertiary/aromatic N) is 4. The maximum atomic E-state index is 12.6. The van der Waals surface area contributed by atoms with Crippen molar-refractivity contribution in [1.82, 2.24) is 19.5 Å². The van der Waals surface area contributed by atoms with Crippen molar-refractivity contribution in [2.45, 2.75) is 45.8 Å². The van der Waals surface area contributed by atoms with Crippen molar-refractivity contribution >= 4 is 17.7 Å². The lowest BCUT2D eigenvalue weighted by atomic mass is 9.87. The second-order valence-electron chi connectivity index (χ2n) is 7.25. The second kappa shape index (κ2) is 7.33. The standard InChI is InChI=1S/C19H25N5O4/c1-5-23(19(26)27)15-8-11(2)24(4,12(3)25)16-7-6-13(9-14(15)16)18-21-17(10-20)28-22-18/h6-7,9,11,15H,5,8,10,20H2,1-4H3/p+1/t11-,15+,24?/m0/s1. The molecular formula is C19H26N5O4+. The minimum absolute atomic E-state index is 0.00306. The van der Waals surface area contributed by atoms with Gasteiger partial charge in [0, 0.05) is 30.2 Å². The third kappa shape index (κ3) is 3.06. The highest BCUT2D eigenvalue weighted by Gasteiger charge is 2.47. The molecule has 9 heteroatoms. The topological polar surface area (TPSA) is 123 Å². The predicted octanol–water partition coefficient (Wildman–Crippen LogP) is 2.51. The molecule has 3 rings (SSSR count). The first-order chi connectivity index (χ1) is 13.2. The molecule has 0 fully saturated rings. The molecule has 0 radical (unpaired) electrons. The van der Waals surface area contributed by atoms with Gasteiger partial charge < -0.3 is 20.3 Å². The number of fused-ring (bicyclic) bond motifs is 1. The van der Waals surface area contributed by atoms with Gasteiger partial charge in [0.25, 0.3) is 0 Å². The molecule has 2 amide bonds. The lowest BCUT2D eigenvalue weighted by Crippen LogP contribution is -2.60. The molecule has 0 saturated heterocycles. The Morgan fingerprint density at radius 3 is 2.68 bits per heavy atom. The molecule has 0 aliphatic carbocycles. The van der Waals surface area contributed by atoms with E-state index in [1.807, 2.05) is 39.1 Å². The number of benzene rings is 1. The monoisotopic (exact) mass is 388 g/mol. The summed E-state index contributed by atoms with van der Waals surface area (Å²) in [6.07, 6.45) is -0.451. The van der Waals surface area contributed by atoms with Gasteiger partial charge in [0.05, 0.1) is 32.6 Å². The van der Waals surface area contributed by atoms with Crippen molar-refractivity contribution in [3.05, 3.63) is 29.7 Å². The Morgan fingerprint density at radius 1 is 1.43 bits per heavy atom. The number of nitrogens with two attached hydrogens (primary N) is 1. The van der Waals surface area contributed by atoms with E-state index in [9.17, 15) is 14.7 Å². The van der Waals surface area contributed by atoms with E-state index in [1.54, 1.807) is 6.92 Å². The highest BCUT2D eigenvalue weighted by Crippen LogP contribution is 2.45. The molecular weight excluding hydrogens is 362 g/mol. The molecule has 1 unspecified atom stereocenters.